The maximum absolute atomic E-state index is 16.4. The van der Waals surface area contributed by atoms with Crippen LogP contribution < -0.4 is 10.9 Å². The second-order valence-electron chi connectivity index (χ2n) is 11.5. The zero-order valence-corrected chi connectivity index (χ0v) is 28.0. The Hall–Kier alpha value is -4.16. The van der Waals surface area contributed by atoms with Crippen molar-refractivity contribution in [2.75, 3.05) is 6.61 Å². The molecule has 0 spiro atoms. The van der Waals surface area contributed by atoms with Gasteiger partial charge in [0.25, 0.3) is 5.56 Å². The molecule has 252 valence electrons. The molecule has 2 atom stereocenters. The van der Waals surface area contributed by atoms with E-state index in [1.165, 1.54) is 24.3 Å². The van der Waals surface area contributed by atoms with Crippen LogP contribution in [0.15, 0.2) is 76.1 Å². The minimum atomic E-state index is -4.82. The Balaban J connectivity index is 1.67. The lowest BCUT2D eigenvalue weighted by atomic mass is 9.90. The van der Waals surface area contributed by atoms with Crippen LogP contribution >= 0.6 is 27.5 Å². The standard InChI is InChI=1S/C35H30BrClF4N2O5/c1-3-48-29(46)17-26(23-15-20(14-22(32(23)38)19-10-11-19)30-18(2)6-4-9-27(30)44)42-34(47)33(31-24(36)7-5-8-25(31)37)43-13-12-21(16-28(43)45)35(39,40)41/h4-9,12-16,19,26,33,44H,3,10-11,17H2,1-2H3,(H,42,47)/t26-,33?/m0/s1. The van der Waals surface area contributed by atoms with Gasteiger partial charge >= 0.3 is 12.1 Å². The number of ether oxygens (including phenoxy) is 1. The van der Waals surface area contributed by atoms with Crippen LogP contribution in [0.25, 0.3) is 11.1 Å². The molecule has 13 heteroatoms. The molecule has 2 N–H and O–H groups in total. The third-order valence-corrected chi connectivity index (χ3v) is 9.15. The van der Waals surface area contributed by atoms with Gasteiger partial charge in [-0.15, -0.1) is 0 Å². The van der Waals surface area contributed by atoms with Gasteiger partial charge in [-0.2, -0.15) is 13.2 Å². The van der Waals surface area contributed by atoms with Crippen molar-refractivity contribution in [3.8, 4) is 16.9 Å². The number of pyridine rings is 1. The fourth-order valence-corrected chi connectivity index (χ4v) is 6.69. The van der Waals surface area contributed by atoms with E-state index in [9.17, 15) is 32.7 Å². The summed E-state index contributed by atoms with van der Waals surface area (Å²) < 4.78 is 63.0. The molecule has 0 aliphatic heterocycles. The fourth-order valence-electron chi connectivity index (χ4n) is 5.71. The Morgan fingerprint density at radius 1 is 1.12 bits per heavy atom. The normalized spacial score (nSPS) is 14.3. The molecular formula is C35H30BrClF4N2O5. The highest BCUT2D eigenvalue weighted by Gasteiger charge is 2.36. The number of aryl methyl sites for hydroxylation is 1. The van der Waals surface area contributed by atoms with Gasteiger partial charge in [-0.05, 0) is 85.7 Å². The smallest absolute Gasteiger partial charge is 0.416 e. The molecule has 1 aliphatic rings. The van der Waals surface area contributed by atoms with E-state index in [1.54, 1.807) is 38.1 Å². The van der Waals surface area contributed by atoms with E-state index in [-0.39, 0.29) is 38.9 Å². The average Bonchev–Trinajstić information content (AvgIpc) is 3.85. The molecule has 0 bridgehead atoms. The number of amides is 1. The average molecular weight is 750 g/mol. The van der Waals surface area contributed by atoms with Crippen LogP contribution in [0.4, 0.5) is 17.6 Å². The molecule has 1 heterocycles. The number of hydrogen-bond acceptors (Lipinski definition) is 5. The number of phenolic OH excluding ortho intramolecular Hbond substituents is 1. The summed E-state index contributed by atoms with van der Waals surface area (Å²) in [6.07, 6.45) is -3.08. The van der Waals surface area contributed by atoms with Gasteiger partial charge in [0.1, 0.15) is 17.6 Å². The number of rotatable bonds is 10. The predicted molar refractivity (Wildman–Crippen MR) is 175 cm³/mol. The number of nitrogens with one attached hydrogen (secondary N) is 1. The zero-order chi connectivity index (χ0) is 34.9. The molecule has 1 fully saturated rings. The van der Waals surface area contributed by atoms with Crippen molar-refractivity contribution in [2.45, 2.75) is 57.3 Å². The van der Waals surface area contributed by atoms with Gasteiger partial charge in [-0.25, -0.2) is 4.39 Å². The molecule has 1 saturated carbocycles. The summed E-state index contributed by atoms with van der Waals surface area (Å²) in [6, 6.07) is 10.6. The van der Waals surface area contributed by atoms with Gasteiger partial charge in [0.05, 0.1) is 24.6 Å². The van der Waals surface area contributed by atoms with E-state index in [0.717, 1.165) is 10.8 Å². The van der Waals surface area contributed by atoms with Gasteiger partial charge in [-0.3, -0.25) is 19.0 Å². The maximum atomic E-state index is 16.4. The first-order valence-electron chi connectivity index (χ1n) is 15.0. The second-order valence-corrected chi connectivity index (χ2v) is 12.7. The predicted octanol–water partition coefficient (Wildman–Crippen LogP) is 8.38. The van der Waals surface area contributed by atoms with Crippen molar-refractivity contribution in [2.24, 2.45) is 0 Å². The Bertz CT molecular complexity index is 1900. The summed E-state index contributed by atoms with van der Waals surface area (Å²) in [7, 11) is 0. The molecule has 3 aromatic carbocycles. The van der Waals surface area contributed by atoms with E-state index in [4.69, 9.17) is 16.3 Å². The summed E-state index contributed by atoms with van der Waals surface area (Å²) in [5.41, 5.74) is -0.456. The third kappa shape index (κ3) is 7.44. The van der Waals surface area contributed by atoms with E-state index in [1.807, 2.05) is 0 Å². The molecule has 1 aromatic heterocycles. The third-order valence-electron chi connectivity index (χ3n) is 8.13. The number of aromatic hydroxyl groups is 1. The maximum Gasteiger partial charge on any atom is 0.416 e. The lowest BCUT2D eigenvalue weighted by Gasteiger charge is -2.27. The number of esters is 1. The van der Waals surface area contributed by atoms with E-state index in [2.05, 4.69) is 21.2 Å². The number of phenols is 1. The lowest BCUT2D eigenvalue weighted by Crippen LogP contribution is -2.40. The van der Waals surface area contributed by atoms with Crippen molar-refractivity contribution in [3.63, 3.8) is 0 Å². The van der Waals surface area contributed by atoms with Gasteiger partial charge < -0.3 is 15.2 Å². The van der Waals surface area contributed by atoms with Gasteiger partial charge in [0.2, 0.25) is 5.91 Å². The van der Waals surface area contributed by atoms with Crippen molar-refractivity contribution < 1.29 is 37.0 Å². The quantitative estimate of drug-likeness (QED) is 0.126. The molecule has 48 heavy (non-hydrogen) atoms. The summed E-state index contributed by atoms with van der Waals surface area (Å²) in [5, 5.41) is 13.5. The van der Waals surface area contributed by atoms with E-state index in [0.29, 0.717) is 47.2 Å². The zero-order valence-electron chi connectivity index (χ0n) is 25.7. The van der Waals surface area contributed by atoms with Crippen LogP contribution in [0, 0.1) is 12.7 Å². The second kappa shape index (κ2) is 14.1. The van der Waals surface area contributed by atoms with Crippen LogP contribution in [0.5, 0.6) is 5.75 Å². The van der Waals surface area contributed by atoms with E-state index < -0.39 is 53.5 Å². The molecule has 4 aromatic rings. The van der Waals surface area contributed by atoms with Crippen molar-refractivity contribution in [1.82, 2.24) is 9.88 Å². The largest absolute Gasteiger partial charge is 0.507 e. The first-order valence-corrected chi connectivity index (χ1v) is 16.2. The first kappa shape index (κ1) is 35.2. The summed E-state index contributed by atoms with van der Waals surface area (Å²) in [6.45, 7) is 3.37. The molecule has 0 saturated heterocycles. The van der Waals surface area contributed by atoms with Crippen molar-refractivity contribution >= 4 is 39.4 Å². The number of carbonyl (C=O) groups is 2. The molecule has 1 aliphatic carbocycles. The van der Waals surface area contributed by atoms with Crippen LogP contribution in [-0.2, 0) is 20.5 Å². The minimum Gasteiger partial charge on any atom is -0.507 e. The highest BCUT2D eigenvalue weighted by molar-refractivity contribution is 9.10. The summed E-state index contributed by atoms with van der Waals surface area (Å²) >= 11 is 9.83. The van der Waals surface area contributed by atoms with Crippen molar-refractivity contribution in [3.05, 3.63) is 120 Å². The molecule has 1 amide bonds. The molecule has 0 radical (unpaired) electrons. The summed E-state index contributed by atoms with van der Waals surface area (Å²) in [4.78, 5) is 40.4. The topological polar surface area (TPSA) is 97.6 Å². The SMILES string of the molecule is CCOC(=O)C[C@H](NC(=O)C(c1c(Cl)cccc1Br)n1ccc(C(F)(F)F)cc1=O)c1cc(-c2c(C)cccc2O)cc(C2CC2)c1F. The Morgan fingerprint density at radius 2 is 1.83 bits per heavy atom. The number of aromatic nitrogens is 1. The molecule has 5 rings (SSSR count). The first-order chi connectivity index (χ1) is 22.7. The van der Waals surface area contributed by atoms with Crippen LogP contribution in [0.2, 0.25) is 5.02 Å². The van der Waals surface area contributed by atoms with Gasteiger partial charge in [0.15, 0.2) is 0 Å². The number of hydrogen-bond donors (Lipinski definition) is 2. The number of carbonyl (C=O) groups excluding carboxylic acids is 2. The van der Waals surface area contributed by atoms with Gasteiger partial charge in [0, 0.05) is 38.4 Å². The molecule has 1 unspecified atom stereocenters. The number of nitrogens with zero attached hydrogens (tertiary/aromatic N) is 1. The molecular weight excluding hydrogens is 720 g/mol. The number of benzene rings is 3. The number of alkyl halides is 3. The van der Waals surface area contributed by atoms with Crippen LogP contribution in [-0.4, -0.2) is 28.2 Å². The monoisotopic (exact) mass is 748 g/mol. The van der Waals surface area contributed by atoms with Crippen LogP contribution in [0.1, 0.15) is 72.0 Å². The summed E-state index contributed by atoms with van der Waals surface area (Å²) in [5.74, 6) is -2.55. The Kier molecular flexibility index (Phi) is 10.4. The van der Waals surface area contributed by atoms with Gasteiger partial charge in [-0.1, -0.05) is 45.7 Å². The van der Waals surface area contributed by atoms with Crippen LogP contribution in [0.3, 0.4) is 0 Å². The molecule has 7 nitrogen and oxygen atoms in total. The Labute approximate surface area is 286 Å². The fraction of sp³-hybridized carbons (Fsp3) is 0.286. The minimum absolute atomic E-state index is 0.00255. The highest BCUT2D eigenvalue weighted by atomic mass is 79.9. The number of halogens is 6. The Morgan fingerprint density at radius 3 is 2.44 bits per heavy atom. The van der Waals surface area contributed by atoms with E-state index >= 15 is 4.39 Å². The van der Waals surface area contributed by atoms with Crippen molar-refractivity contribution in [1.29, 1.82) is 0 Å². The lowest BCUT2D eigenvalue weighted by molar-refractivity contribution is -0.144. The highest BCUT2D eigenvalue weighted by Crippen LogP contribution is 2.46.